The third-order valence-electron chi connectivity index (χ3n) is 5.26. The fourth-order valence-electron chi connectivity index (χ4n) is 4.08. The second-order valence-corrected chi connectivity index (χ2v) is 6.35. The molecule has 0 N–H and O–H groups in total. The number of aromatic nitrogens is 1. The largest absolute Gasteiger partial charge is 0.469 e. The number of pyridine rings is 1. The van der Waals surface area contributed by atoms with Crippen LogP contribution in [0.25, 0.3) is 0 Å². The second kappa shape index (κ2) is 4.89. The zero-order valence-corrected chi connectivity index (χ0v) is 13.0. The predicted molar refractivity (Wildman–Crippen MR) is 80.1 cm³/mol. The molecule has 23 heavy (non-hydrogen) atoms. The van der Waals surface area contributed by atoms with E-state index in [1.165, 1.54) is 7.11 Å². The van der Waals surface area contributed by atoms with Crippen LogP contribution < -0.4 is 0 Å². The number of carbonyl (C=O) groups is 2. The summed E-state index contributed by atoms with van der Waals surface area (Å²) in [6.07, 6.45) is 6.90. The van der Waals surface area contributed by atoms with Gasteiger partial charge in [-0.1, -0.05) is 12.2 Å². The van der Waals surface area contributed by atoms with E-state index in [9.17, 15) is 9.59 Å². The zero-order valence-electron chi connectivity index (χ0n) is 13.0. The molecule has 120 valence electrons. The van der Waals surface area contributed by atoms with Crippen LogP contribution >= 0.6 is 0 Å². The average Bonchev–Trinajstić information content (AvgIpc) is 3.22. The highest BCUT2D eigenvalue weighted by atomic mass is 16.5. The first-order chi connectivity index (χ1) is 11.1. The summed E-state index contributed by atoms with van der Waals surface area (Å²) in [5, 5.41) is 0. The first-order valence-electron chi connectivity index (χ1n) is 7.73. The molecule has 3 aliphatic heterocycles. The Bertz CT molecular complexity index is 689. The smallest absolute Gasteiger partial charge is 0.312 e. The summed E-state index contributed by atoms with van der Waals surface area (Å²) >= 11 is 0. The summed E-state index contributed by atoms with van der Waals surface area (Å²) in [6.45, 7) is 2.44. The van der Waals surface area contributed by atoms with Crippen molar-refractivity contribution in [3.05, 3.63) is 42.2 Å². The first kappa shape index (κ1) is 14.4. The topological polar surface area (TPSA) is 68.7 Å². The lowest BCUT2D eigenvalue weighted by molar-refractivity contribution is -0.151. The van der Waals surface area contributed by atoms with Gasteiger partial charge in [-0.05, 0) is 24.6 Å². The molecule has 5 atom stereocenters. The number of nitrogens with zero attached hydrogens (tertiary/aromatic N) is 2. The fraction of sp³-hybridized carbons (Fsp3) is 0.471. The quantitative estimate of drug-likeness (QED) is 0.617. The summed E-state index contributed by atoms with van der Waals surface area (Å²) in [5.41, 5.74) is 0.319. The van der Waals surface area contributed by atoms with Gasteiger partial charge in [0.25, 0.3) is 0 Å². The molecule has 4 heterocycles. The molecule has 2 bridgehead atoms. The number of likely N-dealkylation sites (tertiary alicyclic amines) is 1. The van der Waals surface area contributed by atoms with Crippen molar-refractivity contribution in [1.29, 1.82) is 0 Å². The number of esters is 1. The minimum Gasteiger partial charge on any atom is -0.469 e. The minimum atomic E-state index is -0.693. The highest BCUT2D eigenvalue weighted by Gasteiger charge is 2.67. The normalized spacial score (nSPS) is 35.5. The van der Waals surface area contributed by atoms with Crippen LogP contribution in [0.4, 0.5) is 0 Å². The lowest BCUT2D eigenvalue weighted by atomic mass is 9.77. The molecule has 2 saturated heterocycles. The number of amides is 1. The summed E-state index contributed by atoms with van der Waals surface area (Å²) < 4.78 is 10.9. The molecule has 6 heteroatoms. The number of carbonyl (C=O) groups excluding carboxylic acids is 2. The summed E-state index contributed by atoms with van der Waals surface area (Å²) in [6, 6.07) is 3.70. The van der Waals surface area contributed by atoms with Gasteiger partial charge in [0.05, 0.1) is 31.7 Å². The van der Waals surface area contributed by atoms with E-state index in [1.54, 1.807) is 17.3 Å². The van der Waals surface area contributed by atoms with Gasteiger partial charge in [0.15, 0.2) is 0 Å². The summed E-state index contributed by atoms with van der Waals surface area (Å²) in [7, 11) is 1.35. The van der Waals surface area contributed by atoms with Crippen molar-refractivity contribution in [2.75, 3.05) is 13.7 Å². The van der Waals surface area contributed by atoms with E-state index in [4.69, 9.17) is 9.47 Å². The van der Waals surface area contributed by atoms with Crippen molar-refractivity contribution < 1.29 is 19.1 Å². The van der Waals surface area contributed by atoms with Gasteiger partial charge in [-0.25, -0.2) is 0 Å². The number of rotatable bonds is 3. The van der Waals surface area contributed by atoms with E-state index in [0.29, 0.717) is 6.54 Å². The molecule has 1 aromatic rings. The molecular weight excluding hydrogens is 296 g/mol. The van der Waals surface area contributed by atoms with Crippen molar-refractivity contribution >= 4 is 11.9 Å². The SMILES string of the molecule is COC(=O)[C@H]1[C@H]2C(=O)N([C@@H](C)c3ccncc3)C[C@@]23C=C[C@H]1O3. The molecule has 1 aromatic heterocycles. The van der Waals surface area contributed by atoms with E-state index in [0.717, 1.165) is 5.56 Å². The Balaban J connectivity index is 1.67. The van der Waals surface area contributed by atoms with E-state index in [-0.39, 0.29) is 24.0 Å². The second-order valence-electron chi connectivity index (χ2n) is 6.35. The van der Waals surface area contributed by atoms with Crippen LogP contribution in [0.3, 0.4) is 0 Å². The number of hydrogen-bond donors (Lipinski definition) is 0. The van der Waals surface area contributed by atoms with Gasteiger partial charge < -0.3 is 14.4 Å². The van der Waals surface area contributed by atoms with Crippen molar-refractivity contribution in [2.24, 2.45) is 11.8 Å². The standard InChI is InChI=1S/C17H18N2O4/c1-10(11-4-7-18-8-5-11)19-9-17-6-3-12(23-17)13(16(21)22-2)14(17)15(19)20/h3-8,10,12-14H,9H2,1-2H3/t10-,12+,13+,14-,17-/m0/s1. The van der Waals surface area contributed by atoms with Gasteiger partial charge in [-0.3, -0.25) is 14.6 Å². The Morgan fingerprint density at radius 2 is 2.22 bits per heavy atom. The Hall–Kier alpha value is -2.21. The number of fused-ring (bicyclic) bond motifs is 1. The Morgan fingerprint density at radius 3 is 2.91 bits per heavy atom. The van der Waals surface area contributed by atoms with Crippen LogP contribution in [0.5, 0.6) is 0 Å². The molecule has 0 aliphatic carbocycles. The fourth-order valence-corrected chi connectivity index (χ4v) is 4.08. The van der Waals surface area contributed by atoms with Crippen molar-refractivity contribution in [3.63, 3.8) is 0 Å². The minimum absolute atomic E-state index is 0.0448. The maximum absolute atomic E-state index is 13.0. The molecule has 3 aliphatic rings. The maximum atomic E-state index is 13.0. The van der Waals surface area contributed by atoms with Crippen LogP contribution in [-0.2, 0) is 19.1 Å². The van der Waals surface area contributed by atoms with Crippen molar-refractivity contribution in [3.8, 4) is 0 Å². The first-order valence-corrected chi connectivity index (χ1v) is 7.73. The van der Waals surface area contributed by atoms with Crippen LogP contribution in [0.15, 0.2) is 36.7 Å². The van der Waals surface area contributed by atoms with Crippen LogP contribution in [0.2, 0.25) is 0 Å². The van der Waals surface area contributed by atoms with Gasteiger partial charge in [0, 0.05) is 12.4 Å². The van der Waals surface area contributed by atoms with Gasteiger partial charge in [0.1, 0.15) is 11.5 Å². The Labute approximate surface area is 134 Å². The zero-order chi connectivity index (χ0) is 16.2. The Kier molecular flexibility index (Phi) is 3.06. The summed E-state index contributed by atoms with van der Waals surface area (Å²) in [5.74, 6) is -1.46. The summed E-state index contributed by atoms with van der Waals surface area (Å²) in [4.78, 5) is 30.9. The van der Waals surface area contributed by atoms with Crippen molar-refractivity contribution in [2.45, 2.75) is 24.7 Å². The predicted octanol–water partition coefficient (Wildman–Crippen LogP) is 1.10. The Morgan fingerprint density at radius 1 is 1.48 bits per heavy atom. The number of ether oxygens (including phenoxy) is 2. The molecule has 1 spiro atoms. The lowest BCUT2D eigenvalue weighted by Crippen LogP contribution is -2.39. The molecular formula is C17H18N2O4. The monoisotopic (exact) mass is 314 g/mol. The van der Waals surface area contributed by atoms with E-state index < -0.39 is 17.4 Å². The number of hydrogen-bond acceptors (Lipinski definition) is 5. The van der Waals surface area contributed by atoms with Crippen LogP contribution in [0.1, 0.15) is 18.5 Å². The highest BCUT2D eigenvalue weighted by Crippen LogP contribution is 2.53. The molecule has 0 saturated carbocycles. The lowest BCUT2D eigenvalue weighted by Gasteiger charge is -2.27. The third kappa shape index (κ3) is 1.88. The molecule has 2 fully saturated rings. The number of methoxy groups -OCH3 is 1. The van der Waals surface area contributed by atoms with Gasteiger partial charge >= 0.3 is 5.97 Å². The molecule has 1 amide bonds. The van der Waals surface area contributed by atoms with Gasteiger partial charge in [-0.2, -0.15) is 0 Å². The molecule has 0 unspecified atom stereocenters. The van der Waals surface area contributed by atoms with Gasteiger partial charge in [0.2, 0.25) is 5.91 Å². The molecule has 6 nitrogen and oxygen atoms in total. The highest BCUT2D eigenvalue weighted by molar-refractivity contribution is 5.91. The van der Waals surface area contributed by atoms with Crippen LogP contribution in [0, 0.1) is 11.8 Å². The molecule has 0 radical (unpaired) electrons. The van der Waals surface area contributed by atoms with Crippen molar-refractivity contribution in [1.82, 2.24) is 9.88 Å². The maximum Gasteiger partial charge on any atom is 0.312 e. The van der Waals surface area contributed by atoms with E-state index >= 15 is 0 Å². The average molecular weight is 314 g/mol. The van der Waals surface area contributed by atoms with Gasteiger partial charge in [-0.15, -0.1) is 0 Å². The molecule has 0 aromatic carbocycles. The molecule has 4 rings (SSSR count). The van der Waals surface area contributed by atoms with E-state index in [1.807, 2.05) is 31.2 Å². The third-order valence-corrected chi connectivity index (χ3v) is 5.26. The van der Waals surface area contributed by atoms with Crippen LogP contribution in [-0.4, -0.2) is 47.1 Å². The van der Waals surface area contributed by atoms with E-state index in [2.05, 4.69) is 4.98 Å².